The van der Waals surface area contributed by atoms with E-state index in [-0.39, 0.29) is 22.9 Å². The maximum absolute atomic E-state index is 12.0. The summed E-state index contributed by atoms with van der Waals surface area (Å²) in [6, 6.07) is 2.83. The van der Waals surface area contributed by atoms with Crippen molar-refractivity contribution >= 4 is 23.2 Å². The minimum absolute atomic E-state index is 0.0389. The fourth-order valence-corrected chi connectivity index (χ4v) is 1.73. The van der Waals surface area contributed by atoms with Gasteiger partial charge in [0.05, 0.1) is 22.7 Å². The molecular weight excluding hydrogens is 286 g/mol. The molecule has 0 aliphatic carbocycles. The summed E-state index contributed by atoms with van der Waals surface area (Å²) < 4.78 is 1.60. The molecule has 2 aromatic heterocycles. The van der Waals surface area contributed by atoms with Crippen LogP contribution in [0.4, 0.5) is 5.69 Å². The maximum atomic E-state index is 12.0. The smallest absolute Gasteiger partial charge is 0.288 e. The third-order valence-electron chi connectivity index (χ3n) is 2.63. The average molecular weight is 296 g/mol. The van der Waals surface area contributed by atoms with Crippen LogP contribution in [0.15, 0.2) is 24.5 Å². The summed E-state index contributed by atoms with van der Waals surface area (Å²) in [7, 11) is 1.74. The van der Waals surface area contributed by atoms with Crippen LogP contribution in [0.3, 0.4) is 0 Å². The topological polar surface area (TPSA) is 103 Å². The Morgan fingerprint density at radius 3 is 2.95 bits per heavy atom. The maximum Gasteiger partial charge on any atom is 0.288 e. The molecular formula is C11H10ClN5O3. The molecule has 0 radical (unpaired) electrons. The van der Waals surface area contributed by atoms with E-state index in [1.165, 1.54) is 0 Å². The van der Waals surface area contributed by atoms with Crippen LogP contribution in [0.2, 0.25) is 5.15 Å². The number of amides is 1. The van der Waals surface area contributed by atoms with E-state index in [2.05, 4.69) is 15.4 Å². The Balaban J connectivity index is 2.15. The van der Waals surface area contributed by atoms with Crippen LogP contribution in [0.1, 0.15) is 16.1 Å². The van der Waals surface area contributed by atoms with Crippen LogP contribution < -0.4 is 5.32 Å². The molecule has 1 N–H and O–H groups in total. The summed E-state index contributed by atoms with van der Waals surface area (Å²) in [6.45, 7) is 0.231. The van der Waals surface area contributed by atoms with Gasteiger partial charge in [0, 0.05) is 19.3 Å². The molecule has 9 heteroatoms. The van der Waals surface area contributed by atoms with Crippen LogP contribution in [0, 0.1) is 10.1 Å². The molecule has 0 atom stereocenters. The third kappa shape index (κ3) is 2.91. The molecule has 0 unspecified atom stereocenters. The lowest BCUT2D eigenvalue weighted by Crippen LogP contribution is -2.24. The zero-order valence-corrected chi connectivity index (χ0v) is 11.2. The second kappa shape index (κ2) is 5.66. The summed E-state index contributed by atoms with van der Waals surface area (Å²) in [5, 5.41) is 17.1. The normalized spacial score (nSPS) is 10.3. The van der Waals surface area contributed by atoms with E-state index in [1.807, 2.05) is 0 Å². The summed E-state index contributed by atoms with van der Waals surface area (Å²) in [6.07, 6.45) is 2.60. The van der Waals surface area contributed by atoms with Crippen molar-refractivity contribution in [1.82, 2.24) is 20.1 Å². The van der Waals surface area contributed by atoms with Crippen LogP contribution in [0.25, 0.3) is 0 Å². The third-order valence-corrected chi connectivity index (χ3v) is 2.93. The molecule has 20 heavy (non-hydrogen) atoms. The zero-order chi connectivity index (χ0) is 14.7. The molecule has 0 aliphatic heterocycles. The van der Waals surface area contributed by atoms with Crippen molar-refractivity contribution in [2.45, 2.75) is 6.54 Å². The fraction of sp³-hybridized carbons (Fsp3) is 0.182. The number of aromatic nitrogens is 3. The highest BCUT2D eigenvalue weighted by atomic mass is 35.5. The first-order valence-corrected chi connectivity index (χ1v) is 5.92. The molecule has 104 valence electrons. The Labute approximate surface area is 118 Å². The Morgan fingerprint density at radius 1 is 1.60 bits per heavy atom. The lowest BCUT2D eigenvalue weighted by Gasteiger charge is -2.06. The van der Waals surface area contributed by atoms with Gasteiger partial charge in [-0.3, -0.25) is 19.6 Å². The van der Waals surface area contributed by atoms with Gasteiger partial charge in [0.2, 0.25) is 0 Å². The van der Waals surface area contributed by atoms with E-state index in [9.17, 15) is 14.9 Å². The second-order valence-electron chi connectivity index (χ2n) is 3.92. The molecule has 0 saturated carbocycles. The van der Waals surface area contributed by atoms with Crippen molar-refractivity contribution in [2.24, 2.45) is 7.05 Å². The molecule has 8 nitrogen and oxygen atoms in total. The quantitative estimate of drug-likeness (QED) is 0.520. The van der Waals surface area contributed by atoms with E-state index in [4.69, 9.17) is 11.6 Å². The highest BCUT2D eigenvalue weighted by molar-refractivity contribution is 6.32. The van der Waals surface area contributed by atoms with Gasteiger partial charge in [-0.05, 0) is 6.07 Å². The number of nitrogens with zero attached hydrogens (tertiary/aromatic N) is 4. The van der Waals surface area contributed by atoms with Crippen molar-refractivity contribution in [2.75, 3.05) is 0 Å². The number of nitro groups is 1. The van der Waals surface area contributed by atoms with Gasteiger partial charge < -0.3 is 5.32 Å². The van der Waals surface area contributed by atoms with Crippen molar-refractivity contribution in [1.29, 1.82) is 0 Å². The fourth-order valence-electron chi connectivity index (χ4n) is 1.54. The Kier molecular flexibility index (Phi) is 3.94. The van der Waals surface area contributed by atoms with E-state index in [0.29, 0.717) is 0 Å². The highest BCUT2D eigenvalue weighted by Crippen LogP contribution is 2.19. The summed E-state index contributed by atoms with van der Waals surface area (Å²) in [5.41, 5.74) is 0.455. The largest absolute Gasteiger partial charge is 0.346 e. The first kappa shape index (κ1) is 13.9. The van der Waals surface area contributed by atoms with Crippen LogP contribution >= 0.6 is 11.6 Å². The SMILES string of the molecule is Cn1nccc1CNC(=O)c1cc([N+](=O)[O-])cnc1Cl. The number of hydrogen-bond acceptors (Lipinski definition) is 5. The summed E-state index contributed by atoms with van der Waals surface area (Å²) >= 11 is 5.78. The molecule has 2 aromatic rings. The lowest BCUT2D eigenvalue weighted by molar-refractivity contribution is -0.385. The standard InChI is InChI=1S/C11H10ClN5O3/c1-16-7(2-3-15-16)5-14-11(18)9-4-8(17(19)20)6-13-10(9)12/h2-4,6H,5H2,1H3,(H,14,18). The molecule has 0 aliphatic rings. The minimum Gasteiger partial charge on any atom is -0.346 e. The molecule has 0 aromatic carbocycles. The molecule has 2 rings (SSSR count). The summed E-state index contributed by atoms with van der Waals surface area (Å²) in [4.78, 5) is 25.6. The van der Waals surface area contributed by atoms with Crippen LogP contribution in [-0.2, 0) is 13.6 Å². The van der Waals surface area contributed by atoms with Gasteiger partial charge in [0.1, 0.15) is 11.3 Å². The van der Waals surface area contributed by atoms with Gasteiger partial charge >= 0.3 is 0 Å². The van der Waals surface area contributed by atoms with Crippen molar-refractivity contribution in [3.05, 3.63) is 51.1 Å². The predicted molar refractivity (Wildman–Crippen MR) is 70.3 cm³/mol. The average Bonchev–Trinajstić information content (AvgIpc) is 2.81. The number of pyridine rings is 1. The monoisotopic (exact) mass is 295 g/mol. The van der Waals surface area contributed by atoms with E-state index in [0.717, 1.165) is 18.0 Å². The van der Waals surface area contributed by atoms with Crippen LogP contribution in [-0.4, -0.2) is 25.6 Å². The van der Waals surface area contributed by atoms with Gasteiger partial charge in [-0.15, -0.1) is 0 Å². The number of rotatable bonds is 4. The predicted octanol–water partition coefficient (Wildman–Crippen LogP) is 1.31. The number of carbonyl (C=O) groups is 1. The van der Waals surface area contributed by atoms with Gasteiger partial charge in [0.25, 0.3) is 11.6 Å². The molecule has 0 spiro atoms. The van der Waals surface area contributed by atoms with E-state index in [1.54, 1.807) is 24.0 Å². The number of halogens is 1. The Bertz CT molecular complexity index is 670. The van der Waals surface area contributed by atoms with Crippen molar-refractivity contribution in [3.63, 3.8) is 0 Å². The number of carbonyl (C=O) groups excluding carboxylic acids is 1. The number of aryl methyl sites for hydroxylation is 1. The lowest BCUT2D eigenvalue weighted by atomic mass is 10.2. The second-order valence-corrected chi connectivity index (χ2v) is 4.28. The molecule has 2 heterocycles. The number of hydrogen-bond donors (Lipinski definition) is 1. The first-order valence-electron chi connectivity index (χ1n) is 5.54. The van der Waals surface area contributed by atoms with Crippen molar-refractivity contribution < 1.29 is 9.72 Å². The molecule has 1 amide bonds. The molecule has 0 fully saturated rings. The minimum atomic E-state index is -0.638. The number of nitrogens with one attached hydrogen (secondary N) is 1. The van der Waals surface area contributed by atoms with Crippen molar-refractivity contribution in [3.8, 4) is 0 Å². The van der Waals surface area contributed by atoms with Gasteiger partial charge in [-0.25, -0.2) is 4.98 Å². The molecule has 0 bridgehead atoms. The Hall–Kier alpha value is -2.48. The highest BCUT2D eigenvalue weighted by Gasteiger charge is 2.17. The first-order chi connectivity index (χ1) is 9.49. The van der Waals surface area contributed by atoms with E-state index < -0.39 is 10.8 Å². The summed E-state index contributed by atoms with van der Waals surface area (Å²) in [5.74, 6) is -0.535. The van der Waals surface area contributed by atoms with Gasteiger partial charge in [0.15, 0.2) is 0 Å². The zero-order valence-electron chi connectivity index (χ0n) is 10.4. The Morgan fingerprint density at radius 2 is 2.35 bits per heavy atom. The van der Waals surface area contributed by atoms with Crippen LogP contribution in [0.5, 0.6) is 0 Å². The van der Waals surface area contributed by atoms with Gasteiger partial charge in [-0.1, -0.05) is 11.6 Å². The molecule has 0 saturated heterocycles. The van der Waals surface area contributed by atoms with E-state index >= 15 is 0 Å². The van der Waals surface area contributed by atoms with Gasteiger partial charge in [-0.2, -0.15) is 5.10 Å².